The molecule has 3 nitrogen and oxygen atoms in total. The first-order valence-corrected chi connectivity index (χ1v) is 3.34. The SMILES string of the molecule is CB1NB(C)N(C)N1C. The monoisotopic (exact) mass is 125 g/mol. The average Bonchev–Trinajstić information content (AvgIpc) is 1.98. The van der Waals surface area contributed by atoms with Crippen LogP contribution in [-0.2, 0) is 0 Å². The van der Waals surface area contributed by atoms with Gasteiger partial charge in [0.05, 0.1) is 0 Å². The molecule has 0 aliphatic carbocycles. The highest BCUT2D eigenvalue weighted by atomic mass is 15.6. The van der Waals surface area contributed by atoms with E-state index < -0.39 is 0 Å². The normalized spacial score (nSPS) is 24.0. The molecule has 1 saturated heterocycles. The van der Waals surface area contributed by atoms with Crippen molar-refractivity contribution in [1.82, 2.24) is 15.0 Å². The van der Waals surface area contributed by atoms with Crippen LogP contribution in [0.1, 0.15) is 0 Å². The van der Waals surface area contributed by atoms with Crippen LogP contribution in [0.5, 0.6) is 0 Å². The summed E-state index contributed by atoms with van der Waals surface area (Å²) in [5.41, 5.74) is 0. The molecule has 0 unspecified atom stereocenters. The molecule has 1 N–H and O–H groups in total. The summed E-state index contributed by atoms with van der Waals surface area (Å²) in [6.07, 6.45) is 0. The lowest BCUT2D eigenvalue weighted by atomic mass is 9.71. The highest BCUT2D eigenvalue weighted by Crippen LogP contribution is 2.03. The van der Waals surface area contributed by atoms with E-state index in [0.29, 0.717) is 14.0 Å². The molecule has 0 atom stereocenters. The van der Waals surface area contributed by atoms with Crippen LogP contribution in [0, 0.1) is 0 Å². The summed E-state index contributed by atoms with van der Waals surface area (Å²) >= 11 is 0. The zero-order valence-electron chi connectivity index (χ0n) is 6.55. The zero-order chi connectivity index (χ0) is 7.02. The molecule has 0 amide bonds. The van der Waals surface area contributed by atoms with Gasteiger partial charge in [0.2, 0.25) is 0 Å². The minimum atomic E-state index is 0.477. The Hall–Kier alpha value is 0.00987. The third-order valence-corrected chi connectivity index (χ3v) is 2.10. The maximum atomic E-state index is 3.37. The van der Waals surface area contributed by atoms with Gasteiger partial charge in [-0.3, -0.25) is 9.84 Å². The lowest BCUT2D eigenvalue weighted by molar-refractivity contribution is 0.245. The molecule has 0 saturated carbocycles. The van der Waals surface area contributed by atoms with E-state index in [1.54, 1.807) is 0 Å². The van der Waals surface area contributed by atoms with Gasteiger partial charge in [0.25, 0.3) is 0 Å². The molecule has 0 aromatic rings. The van der Waals surface area contributed by atoms with E-state index in [-0.39, 0.29) is 0 Å². The molecule has 0 aromatic carbocycles. The standard InChI is InChI=1S/C4H13B2N3/c1-5-7-6(2)9(4)8(5)3/h7H,1-4H3. The van der Waals surface area contributed by atoms with Gasteiger partial charge in [-0.15, -0.1) is 0 Å². The lowest BCUT2D eigenvalue weighted by Crippen LogP contribution is -2.39. The second-order valence-corrected chi connectivity index (χ2v) is 2.67. The molecule has 5 heteroatoms. The molecule has 1 aliphatic heterocycles. The van der Waals surface area contributed by atoms with E-state index in [1.807, 2.05) is 0 Å². The van der Waals surface area contributed by atoms with Crippen LogP contribution in [0.25, 0.3) is 0 Å². The van der Waals surface area contributed by atoms with Crippen LogP contribution in [0.4, 0.5) is 0 Å². The van der Waals surface area contributed by atoms with Crippen molar-refractivity contribution in [2.45, 2.75) is 13.6 Å². The smallest absolute Gasteiger partial charge is 0.307 e. The Morgan fingerprint density at radius 1 is 1.00 bits per heavy atom. The van der Waals surface area contributed by atoms with Gasteiger partial charge < -0.3 is 5.14 Å². The Kier molecular flexibility index (Phi) is 1.84. The fraction of sp³-hybridized carbons (Fsp3) is 1.00. The van der Waals surface area contributed by atoms with Crippen molar-refractivity contribution in [3.8, 4) is 0 Å². The predicted molar refractivity (Wildman–Crippen MR) is 41.9 cm³/mol. The molecule has 9 heavy (non-hydrogen) atoms. The summed E-state index contributed by atoms with van der Waals surface area (Å²) in [5, 5.41) is 3.37. The summed E-state index contributed by atoms with van der Waals surface area (Å²) in [4.78, 5) is 4.37. The first kappa shape index (κ1) is 7.12. The number of hydrogen-bond acceptors (Lipinski definition) is 3. The average molecular weight is 125 g/mol. The Balaban J connectivity index is 2.54. The molecule has 1 fully saturated rings. The molecule has 0 spiro atoms. The second kappa shape index (κ2) is 2.33. The van der Waals surface area contributed by atoms with Crippen LogP contribution in [0.2, 0.25) is 13.6 Å². The molecule has 1 rings (SSSR count). The Morgan fingerprint density at radius 2 is 1.33 bits per heavy atom. The molecule has 0 aromatic heterocycles. The number of hydrogen-bond donors (Lipinski definition) is 1. The van der Waals surface area contributed by atoms with Gasteiger partial charge in [-0.1, -0.05) is 13.6 Å². The predicted octanol–water partition coefficient (Wildman–Crippen LogP) is -0.396. The molecular formula is C4H13B2N3. The minimum absolute atomic E-state index is 0.477. The maximum Gasteiger partial charge on any atom is 0.307 e. The van der Waals surface area contributed by atoms with Crippen LogP contribution in [0.15, 0.2) is 0 Å². The highest BCUT2D eigenvalue weighted by Gasteiger charge is 2.33. The first-order chi connectivity index (χ1) is 4.13. The molecule has 1 heterocycles. The van der Waals surface area contributed by atoms with E-state index >= 15 is 0 Å². The van der Waals surface area contributed by atoms with Gasteiger partial charge >= 0.3 is 14.0 Å². The van der Waals surface area contributed by atoms with Crippen molar-refractivity contribution in [2.75, 3.05) is 14.1 Å². The van der Waals surface area contributed by atoms with E-state index in [4.69, 9.17) is 0 Å². The van der Waals surface area contributed by atoms with E-state index in [1.165, 1.54) is 0 Å². The molecule has 0 bridgehead atoms. The van der Waals surface area contributed by atoms with E-state index in [9.17, 15) is 0 Å². The number of hydrazine groups is 1. The Morgan fingerprint density at radius 3 is 1.44 bits per heavy atom. The van der Waals surface area contributed by atoms with Gasteiger partial charge in [-0.05, 0) is 14.1 Å². The van der Waals surface area contributed by atoms with Crippen LogP contribution in [-0.4, -0.2) is 37.9 Å². The first-order valence-electron chi connectivity index (χ1n) is 3.34. The second-order valence-electron chi connectivity index (χ2n) is 2.67. The van der Waals surface area contributed by atoms with Gasteiger partial charge in [0, 0.05) is 0 Å². The van der Waals surface area contributed by atoms with Crippen molar-refractivity contribution in [2.24, 2.45) is 0 Å². The summed E-state index contributed by atoms with van der Waals surface area (Å²) in [6.45, 7) is 5.26. The summed E-state index contributed by atoms with van der Waals surface area (Å²) < 4.78 is 0. The van der Waals surface area contributed by atoms with Crippen LogP contribution < -0.4 is 5.14 Å². The van der Waals surface area contributed by atoms with Gasteiger partial charge in [0.1, 0.15) is 0 Å². The maximum absolute atomic E-state index is 3.37. The largest absolute Gasteiger partial charge is 0.368 e. The van der Waals surface area contributed by atoms with Gasteiger partial charge in [-0.2, -0.15) is 0 Å². The fourth-order valence-corrected chi connectivity index (χ4v) is 1.11. The molecule has 50 valence electrons. The number of rotatable bonds is 0. The zero-order valence-corrected chi connectivity index (χ0v) is 6.55. The van der Waals surface area contributed by atoms with E-state index in [0.717, 1.165) is 0 Å². The number of nitrogens with zero attached hydrogens (tertiary/aromatic N) is 2. The van der Waals surface area contributed by atoms with Crippen molar-refractivity contribution in [1.29, 1.82) is 0 Å². The highest BCUT2D eigenvalue weighted by molar-refractivity contribution is 6.72. The van der Waals surface area contributed by atoms with Gasteiger partial charge in [0.15, 0.2) is 0 Å². The third-order valence-electron chi connectivity index (χ3n) is 2.10. The molecule has 1 aliphatic rings. The third kappa shape index (κ3) is 1.13. The van der Waals surface area contributed by atoms with Crippen LogP contribution in [0.3, 0.4) is 0 Å². The van der Waals surface area contributed by atoms with Crippen LogP contribution >= 0.6 is 0 Å². The van der Waals surface area contributed by atoms with E-state index in [2.05, 4.69) is 42.7 Å². The van der Waals surface area contributed by atoms with Crippen molar-refractivity contribution < 1.29 is 0 Å². The topological polar surface area (TPSA) is 18.5 Å². The van der Waals surface area contributed by atoms with Crippen molar-refractivity contribution >= 4 is 14.0 Å². The number of nitrogens with one attached hydrogen (secondary N) is 1. The summed E-state index contributed by atoms with van der Waals surface area (Å²) in [5.74, 6) is 0. The molecular weight excluding hydrogens is 112 g/mol. The lowest BCUT2D eigenvalue weighted by Gasteiger charge is -2.21. The minimum Gasteiger partial charge on any atom is -0.368 e. The Bertz CT molecular complexity index is 98.0. The van der Waals surface area contributed by atoms with Crippen molar-refractivity contribution in [3.05, 3.63) is 0 Å². The Labute approximate surface area is 57.6 Å². The fourth-order valence-electron chi connectivity index (χ4n) is 1.11. The summed E-state index contributed by atoms with van der Waals surface area (Å²) in [7, 11) is 4.17. The van der Waals surface area contributed by atoms with Crippen molar-refractivity contribution in [3.63, 3.8) is 0 Å². The summed E-state index contributed by atoms with van der Waals surface area (Å²) in [6, 6.07) is 0. The van der Waals surface area contributed by atoms with Gasteiger partial charge in [-0.25, -0.2) is 0 Å². The molecule has 0 radical (unpaired) electrons. The quantitative estimate of drug-likeness (QED) is 0.444.